The molecule has 0 spiro atoms. The lowest BCUT2D eigenvalue weighted by atomic mass is 9.88. The van der Waals surface area contributed by atoms with E-state index in [0.29, 0.717) is 11.5 Å². The quantitative estimate of drug-likeness (QED) is 0.912. The fourth-order valence-corrected chi connectivity index (χ4v) is 3.64. The predicted octanol–water partition coefficient (Wildman–Crippen LogP) is 2.95. The number of allylic oxidation sites excluding steroid dienone is 1. The molecule has 0 saturated heterocycles. The van der Waals surface area contributed by atoms with Crippen molar-refractivity contribution in [1.29, 1.82) is 5.26 Å². The zero-order valence-corrected chi connectivity index (χ0v) is 12.8. The summed E-state index contributed by atoms with van der Waals surface area (Å²) in [6.07, 6.45) is 1.86. The van der Waals surface area contributed by atoms with Crippen molar-refractivity contribution in [3.63, 3.8) is 0 Å². The van der Waals surface area contributed by atoms with Crippen LogP contribution in [-0.2, 0) is 6.42 Å². The van der Waals surface area contributed by atoms with Gasteiger partial charge in [-0.05, 0) is 25.5 Å². The van der Waals surface area contributed by atoms with Gasteiger partial charge in [-0.2, -0.15) is 5.26 Å². The van der Waals surface area contributed by atoms with E-state index in [0.717, 1.165) is 29.0 Å². The minimum absolute atomic E-state index is 0.149. The number of H-pyrrole nitrogens is 1. The van der Waals surface area contributed by atoms with Crippen LogP contribution in [0.15, 0.2) is 23.6 Å². The van der Waals surface area contributed by atoms with Crippen LogP contribution in [0.5, 0.6) is 5.88 Å². The molecule has 1 aliphatic rings. The largest absolute Gasteiger partial charge is 0.420 e. The standard InChI is InChI=1S/C15H16N4OS/c1-3-4-10-13-12(11-6-5-8(2)21-11)9(7-16)14(17)20-15(13)19-18-10/h5-6,12H,3-4,17H2,1-2H3,(H,18,19)/t12-/m0/s1. The highest BCUT2D eigenvalue weighted by molar-refractivity contribution is 7.12. The maximum Gasteiger partial charge on any atom is 0.244 e. The summed E-state index contributed by atoms with van der Waals surface area (Å²) in [5.41, 5.74) is 8.33. The minimum atomic E-state index is -0.183. The van der Waals surface area contributed by atoms with Gasteiger partial charge >= 0.3 is 0 Å². The lowest BCUT2D eigenvalue weighted by molar-refractivity contribution is 0.379. The first-order valence-corrected chi connectivity index (χ1v) is 7.68. The summed E-state index contributed by atoms with van der Waals surface area (Å²) in [7, 11) is 0. The Morgan fingerprint density at radius 1 is 1.52 bits per heavy atom. The van der Waals surface area contributed by atoms with Crippen LogP contribution in [-0.4, -0.2) is 10.2 Å². The topological polar surface area (TPSA) is 87.7 Å². The first-order chi connectivity index (χ1) is 10.2. The molecule has 5 nitrogen and oxygen atoms in total. The smallest absolute Gasteiger partial charge is 0.244 e. The molecule has 3 rings (SSSR count). The van der Waals surface area contributed by atoms with Gasteiger partial charge in [-0.25, -0.2) is 0 Å². The van der Waals surface area contributed by atoms with Crippen molar-refractivity contribution in [1.82, 2.24) is 10.2 Å². The van der Waals surface area contributed by atoms with E-state index in [-0.39, 0.29) is 11.8 Å². The third-order valence-electron chi connectivity index (χ3n) is 3.56. The zero-order chi connectivity index (χ0) is 15.0. The number of nitriles is 1. The molecule has 3 N–H and O–H groups in total. The highest BCUT2D eigenvalue weighted by Crippen LogP contribution is 2.44. The first-order valence-electron chi connectivity index (χ1n) is 6.86. The van der Waals surface area contributed by atoms with Crippen LogP contribution in [0.4, 0.5) is 0 Å². The van der Waals surface area contributed by atoms with Crippen molar-refractivity contribution in [3.05, 3.63) is 44.6 Å². The Labute approximate surface area is 127 Å². The number of aromatic amines is 1. The molecule has 0 fully saturated rings. The molecule has 2 aromatic rings. The fourth-order valence-electron chi connectivity index (χ4n) is 2.64. The number of aryl methyl sites for hydroxylation is 2. The van der Waals surface area contributed by atoms with E-state index in [1.54, 1.807) is 11.3 Å². The summed E-state index contributed by atoms with van der Waals surface area (Å²) < 4.78 is 5.52. The van der Waals surface area contributed by atoms with Crippen LogP contribution < -0.4 is 10.5 Å². The summed E-state index contributed by atoms with van der Waals surface area (Å²) in [6.45, 7) is 4.16. The van der Waals surface area contributed by atoms with Crippen molar-refractivity contribution < 1.29 is 4.74 Å². The maximum atomic E-state index is 9.49. The monoisotopic (exact) mass is 300 g/mol. The highest BCUT2D eigenvalue weighted by atomic mass is 32.1. The van der Waals surface area contributed by atoms with E-state index >= 15 is 0 Å². The Balaban J connectivity index is 2.19. The summed E-state index contributed by atoms with van der Waals surface area (Å²) in [5.74, 6) is 0.458. The second kappa shape index (κ2) is 5.26. The van der Waals surface area contributed by atoms with Gasteiger partial charge in [0, 0.05) is 15.4 Å². The van der Waals surface area contributed by atoms with Crippen LogP contribution in [0.1, 0.15) is 40.3 Å². The van der Waals surface area contributed by atoms with Gasteiger partial charge in [0.2, 0.25) is 11.8 Å². The Hall–Kier alpha value is -2.26. The van der Waals surface area contributed by atoms with E-state index < -0.39 is 0 Å². The number of ether oxygens (including phenoxy) is 1. The lowest BCUT2D eigenvalue weighted by Gasteiger charge is -2.22. The Kier molecular flexibility index (Phi) is 3.43. The molecule has 2 aromatic heterocycles. The second-order valence-electron chi connectivity index (χ2n) is 5.04. The van der Waals surface area contributed by atoms with E-state index in [4.69, 9.17) is 10.5 Å². The molecule has 0 bridgehead atoms. The Morgan fingerprint density at radius 3 is 2.95 bits per heavy atom. The van der Waals surface area contributed by atoms with Crippen molar-refractivity contribution in [2.75, 3.05) is 0 Å². The number of hydrogen-bond acceptors (Lipinski definition) is 5. The summed E-state index contributed by atoms with van der Waals surface area (Å²) >= 11 is 1.67. The molecule has 1 atom stereocenters. The highest BCUT2D eigenvalue weighted by Gasteiger charge is 2.35. The van der Waals surface area contributed by atoms with Gasteiger partial charge in [0.05, 0.1) is 11.5 Å². The number of hydrogen-bond donors (Lipinski definition) is 2. The zero-order valence-electron chi connectivity index (χ0n) is 11.9. The average molecular weight is 300 g/mol. The molecule has 1 aliphatic heterocycles. The molecule has 0 aromatic carbocycles. The van der Waals surface area contributed by atoms with Gasteiger partial charge in [0.1, 0.15) is 11.6 Å². The van der Waals surface area contributed by atoms with Crippen molar-refractivity contribution in [2.24, 2.45) is 5.73 Å². The van der Waals surface area contributed by atoms with E-state index in [2.05, 4.69) is 36.2 Å². The number of aromatic nitrogens is 2. The molecule has 0 unspecified atom stereocenters. The Bertz CT molecular complexity index is 750. The van der Waals surface area contributed by atoms with Crippen LogP contribution in [0.2, 0.25) is 0 Å². The number of nitrogens with zero attached hydrogens (tertiary/aromatic N) is 2. The molecule has 3 heterocycles. The predicted molar refractivity (Wildman–Crippen MR) is 80.9 cm³/mol. The van der Waals surface area contributed by atoms with Crippen molar-refractivity contribution in [3.8, 4) is 11.9 Å². The van der Waals surface area contributed by atoms with Gasteiger partial charge in [0.25, 0.3) is 0 Å². The van der Waals surface area contributed by atoms with Gasteiger partial charge in [0.15, 0.2) is 0 Å². The second-order valence-corrected chi connectivity index (χ2v) is 6.36. The maximum absolute atomic E-state index is 9.49. The first kappa shape index (κ1) is 13.7. The normalized spacial score (nSPS) is 17.3. The summed E-state index contributed by atoms with van der Waals surface area (Å²) in [6, 6.07) is 6.31. The van der Waals surface area contributed by atoms with Gasteiger partial charge < -0.3 is 10.5 Å². The van der Waals surface area contributed by atoms with E-state index in [1.807, 2.05) is 6.07 Å². The number of nitrogens with one attached hydrogen (secondary N) is 1. The summed E-state index contributed by atoms with van der Waals surface area (Å²) in [4.78, 5) is 2.30. The third kappa shape index (κ3) is 2.20. The lowest BCUT2D eigenvalue weighted by Crippen LogP contribution is -2.20. The summed E-state index contributed by atoms with van der Waals surface area (Å²) in [5, 5.41) is 16.7. The van der Waals surface area contributed by atoms with Crippen LogP contribution in [0.3, 0.4) is 0 Å². The number of fused-ring (bicyclic) bond motifs is 1. The van der Waals surface area contributed by atoms with Gasteiger partial charge in [-0.3, -0.25) is 5.10 Å². The molecule has 108 valence electrons. The molecule has 0 amide bonds. The van der Waals surface area contributed by atoms with Gasteiger partial charge in [-0.15, -0.1) is 16.4 Å². The van der Waals surface area contributed by atoms with Crippen LogP contribution >= 0.6 is 11.3 Å². The van der Waals surface area contributed by atoms with Crippen LogP contribution in [0, 0.1) is 18.3 Å². The number of nitrogens with two attached hydrogens (primary N) is 1. The molecule has 21 heavy (non-hydrogen) atoms. The fraction of sp³-hybridized carbons (Fsp3) is 0.333. The molecule has 0 aliphatic carbocycles. The van der Waals surface area contributed by atoms with Crippen molar-refractivity contribution in [2.45, 2.75) is 32.6 Å². The number of rotatable bonds is 3. The van der Waals surface area contributed by atoms with Gasteiger partial charge in [-0.1, -0.05) is 13.3 Å². The van der Waals surface area contributed by atoms with Crippen LogP contribution in [0.25, 0.3) is 0 Å². The van der Waals surface area contributed by atoms with E-state index in [9.17, 15) is 5.26 Å². The minimum Gasteiger partial charge on any atom is -0.420 e. The third-order valence-corrected chi connectivity index (χ3v) is 4.63. The number of thiophene rings is 1. The SMILES string of the molecule is CCCc1[nH]nc2c1[C@H](c1ccc(C)s1)C(C#N)=C(N)O2. The molecule has 6 heteroatoms. The van der Waals surface area contributed by atoms with E-state index in [1.165, 1.54) is 4.88 Å². The molecule has 0 radical (unpaired) electrons. The molecule has 0 saturated carbocycles. The molecular weight excluding hydrogens is 284 g/mol. The Morgan fingerprint density at radius 2 is 2.33 bits per heavy atom. The van der Waals surface area contributed by atoms with Crippen molar-refractivity contribution >= 4 is 11.3 Å². The average Bonchev–Trinajstić information content (AvgIpc) is 3.05. The molecular formula is C15H16N4OS.